The Kier molecular flexibility index (Phi) is 14.7. The first-order valence-electron chi connectivity index (χ1n) is 20.0. The summed E-state index contributed by atoms with van der Waals surface area (Å²) in [6.07, 6.45) is -25.8. The zero-order valence-electron chi connectivity index (χ0n) is 34.0. The summed E-state index contributed by atoms with van der Waals surface area (Å²) in [6, 6.07) is 10.6. The fraction of sp³-hybridized carbons (Fsp3) is 0.429. The third kappa shape index (κ3) is 9.87. The number of aliphatic hydroxyl groups excluding tert-OH is 10. The number of ether oxygens (including phenoxy) is 7. The highest BCUT2D eigenvalue weighted by Crippen LogP contribution is 2.39. The van der Waals surface area contributed by atoms with E-state index in [1.807, 2.05) is 0 Å². The molecule has 3 aliphatic rings. The Labute approximate surface area is 370 Å². The van der Waals surface area contributed by atoms with Gasteiger partial charge in [0.1, 0.15) is 102 Å². The number of aromatic hydroxyl groups is 4. The summed E-state index contributed by atoms with van der Waals surface area (Å²) < 4.78 is 45.4. The van der Waals surface area contributed by atoms with E-state index in [2.05, 4.69) is 0 Å². The summed E-state index contributed by atoms with van der Waals surface area (Å²) in [5, 5.41) is 145. The van der Waals surface area contributed by atoms with Crippen molar-refractivity contribution < 1.29 is 114 Å². The zero-order chi connectivity index (χ0) is 47.7. The van der Waals surface area contributed by atoms with E-state index < -0.39 is 163 Å². The van der Waals surface area contributed by atoms with Crippen LogP contribution >= 0.6 is 0 Å². The van der Waals surface area contributed by atoms with Gasteiger partial charge in [-0.05, 0) is 48.0 Å². The highest BCUT2D eigenvalue weighted by molar-refractivity contribution is 5.88. The van der Waals surface area contributed by atoms with Gasteiger partial charge in [0.05, 0.1) is 13.2 Å². The standard InChI is InChI=1S/C42H46O24/c43-12-23-28(50)32(54)35(57)40(62-23)60-18-10-21(48)27-22(11-18)61-37(16-3-5-17(45)6-4-16)38(31(27)53)65-42-39(34(56)29(51)24(13-44)63-42)66-41-36(58)33(55)30(52)25(64-41)14-59-26(49)8-2-15-1-7-19(46)20(47)9-15/h1-11,23-25,28-30,32-36,39-48,50-52,54-58H,12-14H2. The maximum atomic E-state index is 14.4. The smallest absolute Gasteiger partial charge is 0.330 e. The van der Waals surface area contributed by atoms with Crippen molar-refractivity contribution in [3.8, 4) is 45.8 Å². The first-order chi connectivity index (χ1) is 31.4. The largest absolute Gasteiger partial charge is 0.508 e. The molecule has 3 aromatic carbocycles. The minimum Gasteiger partial charge on any atom is -0.508 e. The van der Waals surface area contributed by atoms with Gasteiger partial charge in [-0.15, -0.1) is 0 Å². The number of phenols is 4. The molecule has 14 N–H and O–H groups in total. The minimum absolute atomic E-state index is 0.0331. The monoisotopic (exact) mass is 934 g/mol. The van der Waals surface area contributed by atoms with E-state index in [0.29, 0.717) is 5.56 Å². The summed E-state index contributed by atoms with van der Waals surface area (Å²) in [5.74, 6) is -4.43. The molecule has 7 rings (SSSR count). The Morgan fingerprint density at radius 3 is 1.88 bits per heavy atom. The number of carbonyl (C=O) groups excluding carboxylic acids is 1. The van der Waals surface area contributed by atoms with Crippen molar-refractivity contribution in [1.82, 2.24) is 0 Å². The Bertz CT molecular complexity index is 2420. The van der Waals surface area contributed by atoms with Crippen LogP contribution in [-0.4, -0.2) is 189 Å². The van der Waals surface area contributed by atoms with E-state index in [-0.39, 0.29) is 17.1 Å². The second-order valence-electron chi connectivity index (χ2n) is 15.4. The normalized spacial score (nSPS) is 32.6. The summed E-state index contributed by atoms with van der Waals surface area (Å²) in [4.78, 5) is 26.9. The number of benzene rings is 3. The maximum absolute atomic E-state index is 14.4. The van der Waals surface area contributed by atoms with Crippen molar-refractivity contribution in [2.75, 3.05) is 19.8 Å². The van der Waals surface area contributed by atoms with Crippen LogP contribution in [0.25, 0.3) is 28.4 Å². The second kappa shape index (κ2) is 20.0. The van der Waals surface area contributed by atoms with Crippen molar-refractivity contribution in [2.24, 2.45) is 0 Å². The molecule has 0 amide bonds. The van der Waals surface area contributed by atoms with Crippen LogP contribution < -0.4 is 14.9 Å². The van der Waals surface area contributed by atoms with Crippen LogP contribution in [0.15, 0.2) is 69.9 Å². The van der Waals surface area contributed by atoms with Crippen LogP contribution in [0.5, 0.6) is 34.5 Å². The third-order valence-electron chi connectivity index (χ3n) is 11.0. The Hall–Kier alpha value is -5.68. The number of carbonyl (C=O) groups is 1. The lowest BCUT2D eigenvalue weighted by Crippen LogP contribution is -2.65. The van der Waals surface area contributed by atoms with Crippen LogP contribution in [0.2, 0.25) is 0 Å². The molecule has 3 fully saturated rings. The third-order valence-corrected chi connectivity index (χ3v) is 11.0. The van der Waals surface area contributed by atoms with Gasteiger partial charge in [0, 0.05) is 23.8 Å². The summed E-state index contributed by atoms with van der Waals surface area (Å²) in [6.45, 7) is -2.48. The number of aliphatic hydroxyl groups is 10. The summed E-state index contributed by atoms with van der Waals surface area (Å²) >= 11 is 0. The molecule has 0 aliphatic carbocycles. The second-order valence-corrected chi connectivity index (χ2v) is 15.4. The number of rotatable bonds is 13. The lowest BCUT2D eigenvalue weighted by molar-refractivity contribution is -0.358. The Morgan fingerprint density at radius 1 is 0.621 bits per heavy atom. The van der Waals surface area contributed by atoms with Crippen molar-refractivity contribution in [3.05, 3.63) is 76.5 Å². The van der Waals surface area contributed by atoms with Crippen LogP contribution in [-0.2, 0) is 28.5 Å². The molecule has 4 heterocycles. The van der Waals surface area contributed by atoms with Gasteiger partial charge in [-0.25, -0.2) is 4.79 Å². The molecule has 0 bridgehead atoms. The number of phenolic OH excluding ortho intramolecular Hbond substituents is 4. The zero-order valence-corrected chi connectivity index (χ0v) is 34.0. The summed E-state index contributed by atoms with van der Waals surface area (Å²) in [7, 11) is 0. The molecule has 24 nitrogen and oxygen atoms in total. The topological polar surface area (TPSA) is 395 Å². The average molecular weight is 935 g/mol. The van der Waals surface area contributed by atoms with Gasteiger partial charge < -0.3 is 109 Å². The molecule has 3 saturated heterocycles. The highest BCUT2D eigenvalue weighted by atomic mass is 16.8. The van der Waals surface area contributed by atoms with Gasteiger partial charge in [-0.1, -0.05) is 6.07 Å². The van der Waals surface area contributed by atoms with Crippen molar-refractivity contribution in [1.29, 1.82) is 0 Å². The first-order valence-corrected chi connectivity index (χ1v) is 20.0. The van der Waals surface area contributed by atoms with Crippen LogP contribution in [0.1, 0.15) is 5.56 Å². The van der Waals surface area contributed by atoms with E-state index in [1.165, 1.54) is 42.5 Å². The van der Waals surface area contributed by atoms with Gasteiger partial charge in [-0.3, -0.25) is 4.79 Å². The molecule has 4 aromatic rings. The van der Waals surface area contributed by atoms with E-state index in [0.717, 1.165) is 24.3 Å². The average Bonchev–Trinajstić information content (AvgIpc) is 3.29. The maximum Gasteiger partial charge on any atom is 0.330 e. The number of hydrogen-bond acceptors (Lipinski definition) is 24. The van der Waals surface area contributed by atoms with Crippen LogP contribution in [0.3, 0.4) is 0 Å². The quantitative estimate of drug-likeness (QED) is 0.0355. The van der Waals surface area contributed by atoms with Crippen LogP contribution in [0, 0.1) is 0 Å². The Balaban J connectivity index is 1.18. The van der Waals surface area contributed by atoms with Crippen molar-refractivity contribution in [3.63, 3.8) is 0 Å². The molecule has 15 unspecified atom stereocenters. The fourth-order valence-electron chi connectivity index (χ4n) is 7.29. The molecule has 24 heteroatoms. The highest BCUT2D eigenvalue weighted by Gasteiger charge is 2.52. The molecular weight excluding hydrogens is 888 g/mol. The summed E-state index contributed by atoms with van der Waals surface area (Å²) in [5.41, 5.74) is -1.21. The molecule has 358 valence electrons. The predicted octanol–water partition coefficient (Wildman–Crippen LogP) is -3.27. The van der Waals surface area contributed by atoms with Gasteiger partial charge in [0.25, 0.3) is 0 Å². The van der Waals surface area contributed by atoms with Gasteiger partial charge in [0.15, 0.2) is 29.7 Å². The molecule has 0 saturated carbocycles. The first kappa shape index (κ1) is 48.3. The lowest BCUT2D eigenvalue weighted by Gasteiger charge is -2.45. The lowest BCUT2D eigenvalue weighted by atomic mass is 9.97. The number of hydrogen-bond donors (Lipinski definition) is 14. The van der Waals surface area contributed by atoms with E-state index >= 15 is 0 Å². The van der Waals surface area contributed by atoms with Gasteiger partial charge in [0.2, 0.25) is 23.8 Å². The van der Waals surface area contributed by atoms with Crippen LogP contribution in [0.4, 0.5) is 0 Å². The Morgan fingerprint density at radius 2 is 1.23 bits per heavy atom. The number of esters is 1. The van der Waals surface area contributed by atoms with E-state index in [1.54, 1.807) is 0 Å². The van der Waals surface area contributed by atoms with E-state index in [9.17, 15) is 81.1 Å². The van der Waals surface area contributed by atoms with Gasteiger partial charge >= 0.3 is 5.97 Å². The molecule has 0 spiro atoms. The SMILES string of the molecule is O=C(C=Cc1ccc(O)c(O)c1)OCC1OC(OC2C(Oc3c(-c4ccc(O)cc4)oc4cc(OC5OC(CO)C(O)C(O)C5O)cc(O)c4c3=O)OC(CO)C(O)C2O)C(O)C(O)C1O. The predicted molar refractivity (Wildman–Crippen MR) is 215 cm³/mol. The molecular formula is C42H46O24. The molecule has 3 aliphatic heterocycles. The molecule has 1 aromatic heterocycles. The minimum atomic E-state index is -2.11. The fourth-order valence-corrected chi connectivity index (χ4v) is 7.29. The van der Waals surface area contributed by atoms with Crippen molar-refractivity contribution >= 4 is 23.0 Å². The molecule has 66 heavy (non-hydrogen) atoms. The van der Waals surface area contributed by atoms with Gasteiger partial charge in [-0.2, -0.15) is 0 Å². The van der Waals surface area contributed by atoms with Crippen molar-refractivity contribution in [2.45, 2.75) is 92.1 Å². The molecule has 15 atom stereocenters. The number of fused-ring (bicyclic) bond motifs is 1. The van der Waals surface area contributed by atoms with E-state index in [4.69, 9.17) is 37.6 Å². The molecule has 0 radical (unpaired) electrons.